The van der Waals surface area contributed by atoms with Crippen molar-refractivity contribution >= 4 is 46.2 Å². The highest BCUT2D eigenvalue weighted by molar-refractivity contribution is 5.94. The van der Waals surface area contributed by atoms with Crippen LogP contribution in [0.4, 0.5) is 27.8 Å². The van der Waals surface area contributed by atoms with E-state index >= 15 is 0 Å². The number of H-pyrrole nitrogens is 1. The molecule has 0 saturated carbocycles. The average molecular weight is 464 g/mol. The van der Waals surface area contributed by atoms with Gasteiger partial charge in [0.05, 0.1) is 11.7 Å². The standard InChI is InChI=1S/C25H33N7O2/c1-16(2)28-22-6-5-10-27-24(22)31(4)19-9-11-32(20(14-19)15-33)23-13-17-12-18(29-25(34)26-3)7-8-21(17)30-23/h5-8,10,12-13,15-16,19-20,28,30H,9,11,14H2,1-4H3,(H2,26,29,34). The molecule has 9 nitrogen and oxygen atoms in total. The number of hydrogen-bond donors (Lipinski definition) is 4. The van der Waals surface area contributed by atoms with Crippen LogP contribution in [0.3, 0.4) is 0 Å². The minimum atomic E-state index is -0.262. The van der Waals surface area contributed by atoms with Crippen molar-refractivity contribution in [1.29, 1.82) is 0 Å². The number of nitrogens with one attached hydrogen (secondary N) is 4. The van der Waals surface area contributed by atoms with Crippen molar-refractivity contribution < 1.29 is 9.59 Å². The van der Waals surface area contributed by atoms with Gasteiger partial charge < -0.3 is 35.5 Å². The van der Waals surface area contributed by atoms with Crippen LogP contribution in [0, 0.1) is 0 Å². The van der Waals surface area contributed by atoms with Crippen molar-refractivity contribution in [3.63, 3.8) is 0 Å². The van der Waals surface area contributed by atoms with Gasteiger partial charge in [-0.05, 0) is 63.1 Å². The summed E-state index contributed by atoms with van der Waals surface area (Å²) in [4.78, 5) is 36.1. The molecule has 0 aliphatic carbocycles. The zero-order chi connectivity index (χ0) is 24.2. The van der Waals surface area contributed by atoms with E-state index in [4.69, 9.17) is 0 Å². The summed E-state index contributed by atoms with van der Waals surface area (Å²) in [6.07, 6.45) is 4.45. The fourth-order valence-corrected chi connectivity index (χ4v) is 4.58. The molecule has 2 amide bonds. The first kappa shape index (κ1) is 23.4. The first-order valence-electron chi connectivity index (χ1n) is 11.7. The van der Waals surface area contributed by atoms with Crippen LogP contribution in [-0.4, -0.2) is 61.1 Å². The molecule has 1 aromatic carbocycles. The molecule has 2 unspecified atom stereocenters. The summed E-state index contributed by atoms with van der Waals surface area (Å²) < 4.78 is 0. The molecule has 0 radical (unpaired) electrons. The number of carbonyl (C=O) groups is 2. The summed E-state index contributed by atoms with van der Waals surface area (Å²) in [7, 11) is 3.64. The van der Waals surface area contributed by atoms with Gasteiger partial charge in [-0.1, -0.05) is 0 Å². The number of urea groups is 1. The number of aromatic nitrogens is 2. The number of anilines is 4. The molecule has 3 heterocycles. The molecule has 1 saturated heterocycles. The minimum Gasteiger partial charge on any atom is -0.380 e. The zero-order valence-corrected chi connectivity index (χ0v) is 20.1. The summed E-state index contributed by atoms with van der Waals surface area (Å²) in [5.41, 5.74) is 2.67. The fraction of sp³-hybridized carbons (Fsp3) is 0.400. The third kappa shape index (κ3) is 4.93. The van der Waals surface area contributed by atoms with Crippen LogP contribution in [0.5, 0.6) is 0 Å². The van der Waals surface area contributed by atoms with Crippen molar-refractivity contribution in [1.82, 2.24) is 15.3 Å². The predicted molar refractivity (Wildman–Crippen MR) is 138 cm³/mol. The highest BCUT2D eigenvalue weighted by Crippen LogP contribution is 2.32. The van der Waals surface area contributed by atoms with Crippen molar-refractivity contribution in [2.75, 3.05) is 41.1 Å². The van der Waals surface area contributed by atoms with E-state index in [9.17, 15) is 9.59 Å². The van der Waals surface area contributed by atoms with Gasteiger partial charge in [-0.3, -0.25) is 0 Å². The van der Waals surface area contributed by atoms with E-state index < -0.39 is 0 Å². The Balaban J connectivity index is 1.51. The van der Waals surface area contributed by atoms with Crippen molar-refractivity contribution in [3.05, 3.63) is 42.6 Å². The number of amides is 2. The first-order chi connectivity index (χ1) is 16.4. The second-order valence-corrected chi connectivity index (χ2v) is 9.02. The van der Waals surface area contributed by atoms with Crippen LogP contribution in [0.1, 0.15) is 26.7 Å². The molecular formula is C25H33N7O2. The van der Waals surface area contributed by atoms with Gasteiger partial charge in [-0.25, -0.2) is 9.78 Å². The molecule has 4 N–H and O–H groups in total. The van der Waals surface area contributed by atoms with Crippen LogP contribution in [0.15, 0.2) is 42.6 Å². The summed E-state index contributed by atoms with van der Waals surface area (Å²) in [5, 5.41) is 9.79. The molecule has 4 rings (SSSR count). The molecule has 1 fully saturated rings. The SMILES string of the molecule is CNC(=O)Nc1ccc2[nH]c(N3CCC(N(C)c4ncccc4NC(C)C)CC3C=O)cc2c1. The highest BCUT2D eigenvalue weighted by Gasteiger charge is 2.32. The first-order valence-corrected chi connectivity index (χ1v) is 11.7. The Morgan fingerprint density at radius 2 is 2.12 bits per heavy atom. The topological polar surface area (TPSA) is 105 Å². The lowest BCUT2D eigenvalue weighted by atomic mass is 9.96. The van der Waals surface area contributed by atoms with Crippen LogP contribution in [0.2, 0.25) is 0 Å². The maximum atomic E-state index is 12.1. The molecule has 1 aliphatic heterocycles. The monoisotopic (exact) mass is 463 g/mol. The lowest BCUT2D eigenvalue weighted by Crippen LogP contribution is -2.50. The van der Waals surface area contributed by atoms with E-state index in [0.717, 1.165) is 47.5 Å². The maximum Gasteiger partial charge on any atom is 0.318 e. The molecule has 3 aromatic rings. The minimum absolute atomic E-state index is 0.196. The summed E-state index contributed by atoms with van der Waals surface area (Å²) in [6, 6.07) is 11.7. The Morgan fingerprint density at radius 3 is 2.85 bits per heavy atom. The lowest BCUT2D eigenvalue weighted by Gasteiger charge is -2.41. The van der Waals surface area contributed by atoms with Gasteiger partial charge in [-0.2, -0.15) is 0 Å². The van der Waals surface area contributed by atoms with Gasteiger partial charge in [0.2, 0.25) is 0 Å². The van der Waals surface area contributed by atoms with E-state index in [0.29, 0.717) is 18.2 Å². The van der Waals surface area contributed by atoms with Gasteiger partial charge in [0, 0.05) is 55.5 Å². The quantitative estimate of drug-likeness (QED) is 0.397. The van der Waals surface area contributed by atoms with Crippen molar-refractivity contribution in [2.24, 2.45) is 0 Å². The van der Waals surface area contributed by atoms with Crippen LogP contribution < -0.4 is 25.8 Å². The summed E-state index contributed by atoms with van der Waals surface area (Å²) >= 11 is 0. The molecule has 2 atom stereocenters. The number of pyridine rings is 1. The zero-order valence-electron chi connectivity index (χ0n) is 20.1. The normalized spacial score (nSPS) is 18.1. The second-order valence-electron chi connectivity index (χ2n) is 9.02. The number of rotatable bonds is 7. The largest absolute Gasteiger partial charge is 0.380 e. The Hall–Kier alpha value is -3.75. The van der Waals surface area contributed by atoms with Gasteiger partial charge in [0.15, 0.2) is 5.82 Å². The molecule has 1 aliphatic rings. The molecule has 0 bridgehead atoms. The molecule has 9 heteroatoms. The number of aldehydes is 1. The van der Waals surface area contributed by atoms with E-state index in [1.807, 2.05) is 36.4 Å². The molecule has 2 aromatic heterocycles. The maximum absolute atomic E-state index is 12.1. The third-order valence-electron chi connectivity index (χ3n) is 6.29. The molecule has 180 valence electrons. The average Bonchev–Trinajstić information content (AvgIpc) is 3.26. The highest BCUT2D eigenvalue weighted by atomic mass is 16.2. The predicted octanol–water partition coefficient (Wildman–Crippen LogP) is 3.81. The van der Waals surface area contributed by atoms with Gasteiger partial charge in [-0.15, -0.1) is 0 Å². The Labute approximate surface area is 199 Å². The Kier molecular flexibility index (Phi) is 6.90. The van der Waals surface area contributed by atoms with E-state index in [1.165, 1.54) is 0 Å². The third-order valence-corrected chi connectivity index (χ3v) is 6.29. The Morgan fingerprint density at radius 1 is 1.29 bits per heavy atom. The molecule has 0 spiro atoms. The number of hydrogen-bond acceptors (Lipinski definition) is 6. The van der Waals surface area contributed by atoms with Crippen LogP contribution in [0.25, 0.3) is 10.9 Å². The lowest BCUT2D eigenvalue weighted by molar-refractivity contribution is -0.109. The van der Waals surface area contributed by atoms with Crippen molar-refractivity contribution in [3.8, 4) is 0 Å². The fourth-order valence-electron chi connectivity index (χ4n) is 4.58. The van der Waals surface area contributed by atoms with E-state index in [1.54, 1.807) is 13.2 Å². The van der Waals surface area contributed by atoms with Gasteiger partial charge in [0.1, 0.15) is 12.1 Å². The van der Waals surface area contributed by atoms with Gasteiger partial charge in [0.25, 0.3) is 0 Å². The number of piperidine rings is 1. The number of nitrogens with zero attached hydrogens (tertiary/aromatic N) is 3. The van der Waals surface area contributed by atoms with Crippen LogP contribution in [-0.2, 0) is 4.79 Å². The number of aromatic amines is 1. The smallest absolute Gasteiger partial charge is 0.318 e. The number of fused-ring (bicyclic) bond motifs is 1. The van der Waals surface area contributed by atoms with E-state index in [-0.39, 0.29) is 18.1 Å². The van der Waals surface area contributed by atoms with Gasteiger partial charge >= 0.3 is 6.03 Å². The number of carbonyl (C=O) groups excluding carboxylic acids is 2. The van der Waals surface area contributed by atoms with E-state index in [2.05, 4.69) is 56.6 Å². The van der Waals surface area contributed by atoms with Crippen LogP contribution >= 0.6 is 0 Å². The molecule has 34 heavy (non-hydrogen) atoms. The summed E-state index contributed by atoms with van der Waals surface area (Å²) in [5.74, 6) is 1.81. The Bertz CT molecular complexity index is 1160. The van der Waals surface area contributed by atoms with Crippen molar-refractivity contribution in [2.45, 2.75) is 44.8 Å². The number of benzene rings is 1. The second kappa shape index (κ2) is 10.0. The molecular weight excluding hydrogens is 430 g/mol. The summed E-state index contributed by atoms with van der Waals surface area (Å²) in [6.45, 7) is 4.96.